The van der Waals surface area contributed by atoms with Crippen LogP contribution >= 0.6 is 0 Å². The van der Waals surface area contributed by atoms with E-state index in [0.29, 0.717) is 28.9 Å². The number of rotatable bonds is 7. The molecule has 1 amide bonds. The van der Waals surface area contributed by atoms with E-state index in [0.717, 1.165) is 12.1 Å². The van der Waals surface area contributed by atoms with E-state index in [1.54, 1.807) is 44.7 Å². The molecule has 128 valence electrons. The number of anilines is 2. The molecule has 0 spiro atoms. The zero-order valence-electron chi connectivity index (χ0n) is 14.4. The van der Waals surface area contributed by atoms with Crippen LogP contribution in [0, 0.1) is 0 Å². The van der Waals surface area contributed by atoms with E-state index in [-0.39, 0.29) is 5.91 Å². The third-order valence-electron chi connectivity index (χ3n) is 3.68. The summed E-state index contributed by atoms with van der Waals surface area (Å²) >= 11 is 0. The third kappa shape index (κ3) is 4.38. The van der Waals surface area contributed by atoms with Crippen molar-refractivity contribution in [3.8, 4) is 11.5 Å². The van der Waals surface area contributed by atoms with Gasteiger partial charge in [-0.05, 0) is 37.6 Å². The number of methoxy groups -OCH3 is 2. The first kappa shape index (κ1) is 17.6. The summed E-state index contributed by atoms with van der Waals surface area (Å²) in [5, 5.41) is 6.11. The summed E-state index contributed by atoms with van der Waals surface area (Å²) < 4.78 is 10.4. The number of amides is 1. The number of nitrogens with one attached hydrogen (secondary N) is 2. The largest absolute Gasteiger partial charge is 0.497 e. The molecule has 0 aliphatic heterocycles. The first-order chi connectivity index (χ1) is 11.6. The van der Waals surface area contributed by atoms with Crippen LogP contribution in [0.25, 0.3) is 0 Å². The van der Waals surface area contributed by atoms with Gasteiger partial charge in [-0.2, -0.15) is 0 Å². The molecule has 1 aromatic carbocycles. The lowest BCUT2D eigenvalue weighted by Gasteiger charge is -2.13. The van der Waals surface area contributed by atoms with Crippen LogP contribution in [0.1, 0.15) is 30.8 Å². The Hall–Kier alpha value is -2.76. The van der Waals surface area contributed by atoms with E-state index in [1.807, 2.05) is 6.07 Å². The van der Waals surface area contributed by atoms with Crippen molar-refractivity contribution in [2.75, 3.05) is 24.9 Å². The molecular weight excluding hydrogens is 306 g/mol. The summed E-state index contributed by atoms with van der Waals surface area (Å²) in [5.74, 6) is 0.878. The number of aromatic nitrogens is 1. The average molecular weight is 329 g/mol. The van der Waals surface area contributed by atoms with Crippen molar-refractivity contribution in [1.82, 2.24) is 4.98 Å². The highest BCUT2D eigenvalue weighted by Crippen LogP contribution is 2.29. The van der Waals surface area contributed by atoms with Crippen molar-refractivity contribution < 1.29 is 14.3 Å². The summed E-state index contributed by atoms with van der Waals surface area (Å²) in [6, 6.07) is 9.09. The van der Waals surface area contributed by atoms with Crippen LogP contribution in [-0.2, 0) is 0 Å². The Labute approximate surface area is 142 Å². The van der Waals surface area contributed by atoms with Gasteiger partial charge >= 0.3 is 0 Å². The molecule has 2 aromatic rings. The predicted octanol–water partition coefficient (Wildman–Crippen LogP) is 3.56. The number of hydrogen-bond acceptors (Lipinski definition) is 5. The van der Waals surface area contributed by atoms with E-state index >= 15 is 0 Å². The predicted molar refractivity (Wildman–Crippen MR) is 95.1 cm³/mol. The second-order valence-corrected chi connectivity index (χ2v) is 5.41. The highest BCUT2D eigenvalue weighted by atomic mass is 16.5. The molecule has 1 heterocycles. The summed E-state index contributed by atoms with van der Waals surface area (Å²) in [6.45, 7) is 4.20. The maximum Gasteiger partial charge on any atom is 0.274 e. The van der Waals surface area contributed by atoms with Crippen LogP contribution < -0.4 is 20.1 Å². The molecule has 0 saturated carbocycles. The number of nitrogens with zero attached hydrogens (tertiary/aromatic N) is 1. The molecule has 6 nitrogen and oxygen atoms in total. The maximum atomic E-state index is 12.4. The van der Waals surface area contributed by atoms with Crippen LogP contribution in [0.15, 0.2) is 36.5 Å². The highest BCUT2D eigenvalue weighted by Gasteiger charge is 2.12. The second-order valence-electron chi connectivity index (χ2n) is 5.41. The van der Waals surface area contributed by atoms with Crippen molar-refractivity contribution in [3.63, 3.8) is 0 Å². The topological polar surface area (TPSA) is 72.5 Å². The minimum atomic E-state index is -0.309. The number of ether oxygens (including phenoxy) is 2. The van der Waals surface area contributed by atoms with Crippen LogP contribution in [0.2, 0.25) is 0 Å². The highest BCUT2D eigenvalue weighted by molar-refractivity contribution is 6.03. The van der Waals surface area contributed by atoms with E-state index in [4.69, 9.17) is 9.47 Å². The smallest absolute Gasteiger partial charge is 0.274 e. The van der Waals surface area contributed by atoms with Crippen LogP contribution in [0.4, 0.5) is 11.4 Å². The zero-order valence-corrected chi connectivity index (χ0v) is 14.4. The van der Waals surface area contributed by atoms with Gasteiger partial charge in [0.1, 0.15) is 17.2 Å². The van der Waals surface area contributed by atoms with Crippen molar-refractivity contribution >= 4 is 17.3 Å². The van der Waals surface area contributed by atoms with Gasteiger partial charge in [0.05, 0.1) is 31.8 Å². The maximum absolute atomic E-state index is 12.4. The van der Waals surface area contributed by atoms with Gasteiger partial charge in [-0.15, -0.1) is 0 Å². The van der Waals surface area contributed by atoms with Gasteiger partial charge in [-0.25, -0.2) is 4.98 Å². The second kappa shape index (κ2) is 8.19. The molecule has 6 heteroatoms. The number of pyridine rings is 1. The summed E-state index contributed by atoms with van der Waals surface area (Å²) in [6.07, 6.45) is 2.67. The minimum absolute atomic E-state index is 0.309. The Bertz CT molecular complexity index is 686. The number of carbonyl (C=O) groups is 1. The quantitative estimate of drug-likeness (QED) is 0.812. The number of carbonyl (C=O) groups excluding carboxylic acids is 1. The van der Waals surface area contributed by atoms with Crippen molar-refractivity contribution in [3.05, 3.63) is 42.2 Å². The van der Waals surface area contributed by atoms with Gasteiger partial charge in [0.15, 0.2) is 0 Å². The molecule has 0 fully saturated rings. The first-order valence-electron chi connectivity index (χ1n) is 7.83. The van der Waals surface area contributed by atoms with Crippen LogP contribution in [0.5, 0.6) is 11.5 Å². The summed E-state index contributed by atoms with van der Waals surface area (Å²) in [5.41, 5.74) is 1.75. The lowest BCUT2D eigenvalue weighted by Crippen LogP contribution is -2.16. The van der Waals surface area contributed by atoms with Crippen LogP contribution in [-0.4, -0.2) is 31.2 Å². The van der Waals surface area contributed by atoms with Gasteiger partial charge in [0, 0.05) is 12.1 Å². The normalized spacial score (nSPS) is 11.5. The molecule has 0 aliphatic rings. The molecule has 2 rings (SSSR count). The van der Waals surface area contributed by atoms with Gasteiger partial charge < -0.3 is 20.1 Å². The van der Waals surface area contributed by atoms with E-state index in [1.165, 1.54) is 0 Å². The molecule has 1 aromatic heterocycles. The fraction of sp³-hybridized carbons (Fsp3) is 0.333. The van der Waals surface area contributed by atoms with Crippen molar-refractivity contribution in [2.24, 2.45) is 0 Å². The third-order valence-corrected chi connectivity index (χ3v) is 3.68. The Morgan fingerprint density at radius 3 is 2.58 bits per heavy atom. The molecule has 0 aliphatic carbocycles. The summed E-state index contributed by atoms with van der Waals surface area (Å²) in [7, 11) is 3.11. The Kier molecular flexibility index (Phi) is 6.01. The molecule has 24 heavy (non-hydrogen) atoms. The van der Waals surface area contributed by atoms with Crippen molar-refractivity contribution in [2.45, 2.75) is 26.3 Å². The Morgan fingerprint density at radius 1 is 1.21 bits per heavy atom. The molecule has 1 unspecified atom stereocenters. The van der Waals surface area contributed by atoms with Gasteiger partial charge in [-0.1, -0.05) is 6.92 Å². The molecule has 0 radical (unpaired) electrons. The Balaban J connectivity index is 2.12. The van der Waals surface area contributed by atoms with Crippen molar-refractivity contribution in [1.29, 1.82) is 0 Å². The molecule has 2 N–H and O–H groups in total. The number of benzene rings is 1. The lowest BCUT2D eigenvalue weighted by atomic mass is 10.2. The average Bonchev–Trinajstić information content (AvgIpc) is 2.62. The molecular formula is C18H23N3O3. The minimum Gasteiger partial charge on any atom is -0.497 e. The SMILES string of the molecule is CCC(C)Nc1ccc(C(=O)Nc2cc(OC)ccc2OC)nc1. The molecule has 1 atom stereocenters. The van der Waals surface area contributed by atoms with Crippen LogP contribution in [0.3, 0.4) is 0 Å². The lowest BCUT2D eigenvalue weighted by molar-refractivity contribution is 0.102. The number of hydrogen-bond donors (Lipinski definition) is 2. The van der Waals surface area contributed by atoms with E-state index in [2.05, 4.69) is 29.5 Å². The zero-order chi connectivity index (χ0) is 17.5. The van der Waals surface area contributed by atoms with E-state index < -0.39 is 0 Å². The van der Waals surface area contributed by atoms with E-state index in [9.17, 15) is 4.79 Å². The molecule has 0 saturated heterocycles. The van der Waals surface area contributed by atoms with Gasteiger partial charge in [-0.3, -0.25) is 4.79 Å². The standard InChI is InChI=1S/C18H23N3O3/c1-5-12(2)20-13-6-8-15(19-11-13)18(22)21-16-10-14(23-3)7-9-17(16)24-4/h6-12,20H,5H2,1-4H3,(H,21,22). The molecule has 0 bridgehead atoms. The summed E-state index contributed by atoms with van der Waals surface area (Å²) in [4.78, 5) is 16.6. The fourth-order valence-electron chi connectivity index (χ4n) is 2.10. The monoisotopic (exact) mass is 329 g/mol. The Morgan fingerprint density at radius 2 is 2.00 bits per heavy atom. The van der Waals surface area contributed by atoms with Gasteiger partial charge in [0.25, 0.3) is 5.91 Å². The van der Waals surface area contributed by atoms with Gasteiger partial charge in [0.2, 0.25) is 0 Å². The fourth-order valence-corrected chi connectivity index (χ4v) is 2.10. The first-order valence-corrected chi connectivity index (χ1v) is 7.83.